The number of benzene rings is 4. The lowest BCUT2D eigenvalue weighted by molar-refractivity contribution is -0.135. The van der Waals surface area contributed by atoms with Crippen molar-refractivity contribution >= 4 is 33.6 Å². The predicted octanol–water partition coefficient (Wildman–Crippen LogP) is 7.87. The Labute approximate surface area is 255 Å². The predicted molar refractivity (Wildman–Crippen MR) is 170 cm³/mol. The van der Waals surface area contributed by atoms with Crippen LogP contribution in [0.15, 0.2) is 78.9 Å². The summed E-state index contributed by atoms with van der Waals surface area (Å²) in [6.45, 7) is 2.24. The van der Waals surface area contributed by atoms with Crippen molar-refractivity contribution in [2.24, 2.45) is 0 Å². The van der Waals surface area contributed by atoms with Crippen LogP contribution in [0.5, 0.6) is 0 Å². The summed E-state index contributed by atoms with van der Waals surface area (Å²) in [5.41, 5.74) is 5.53. The monoisotopic (exact) mass is 590 g/mol. The van der Waals surface area contributed by atoms with Gasteiger partial charge in [0.05, 0.1) is 30.0 Å². The quantitative estimate of drug-likeness (QED) is 0.218. The van der Waals surface area contributed by atoms with E-state index in [1.54, 1.807) is 24.3 Å². The average Bonchev–Trinajstić information content (AvgIpc) is 3.38. The third-order valence-electron chi connectivity index (χ3n) is 9.32. The lowest BCUT2D eigenvalue weighted by atomic mass is 9.81. The van der Waals surface area contributed by atoms with E-state index in [4.69, 9.17) is 4.74 Å². The van der Waals surface area contributed by atoms with Crippen LogP contribution in [0.1, 0.15) is 53.9 Å². The van der Waals surface area contributed by atoms with E-state index in [0.717, 1.165) is 64.2 Å². The van der Waals surface area contributed by atoms with Crippen molar-refractivity contribution in [2.45, 2.75) is 44.6 Å². The molecule has 0 radical (unpaired) electrons. The smallest absolute Gasteiger partial charge is 0.335 e. The summed E-state index contributed by atoms with van der Waals surface area (Å²) in [5.74, 6) is -0.930. The molecular weight excluding hydrogens is 555 g/mol. The van der Waals surface area contributed by atoms with Gasteiger partial charge in [-0.05, 0) is 76.6 Å². The van der Waals surface area contributed by atoms with Crippen LogP contribution in [0.4, 0.5) is 4.39 Å². The van der Waals surface area contributed by atoms with Crippen molar-refractivity contribution in [3.63, 3.8) is 0 Å². The van der Waals surface area contributed by atoms with Gasteiger partial charge in [0.25, 0.3) is 0 Å². The minimum absolute atomic E-state index is 0.00214. The van der Waals surface area contributed by atoms with Crippen LogP contribution in [-0.4, -0.2) is 52.8 Å². The van der Waals surface area contributed by atoms with Gasteiger partial charge in [-0.1, -0.05) is 67.8 Å². The molecule has 1 saturated carbocycles. The fourth-order valence-corrected chi connectivity index (χ4v) is 7.09. The Morgan fingerprint density at radius 3 is 2.27 bits per heavy atom. The molecule has 1 amide bonds. The van der Waals surface area contributed by atoms with E-state index in [0.29, 0.717) is 37.8 Å². The number of hydrogen-bond donors (Lipinski definition) is 1. The number of morpholine rings is 1. The van der Waals surface area contributed by atoms with Crippen molar-refractivity contribution < 1.29 is 23.8 Å². The zero-order valence-electron chi connectivity index (χ0n) is 24.6. The number of carboxylic acids is 1. The molecule has 0 spiro atoms. The number of carbonyl (C=O) groups is 2. The fourth-order valence-electron chi connectivity index (χ4n) is 7.09. The van der Waals surface area contributed by atoms with Gasteiger partial charge in [-0.15, -0.1) is 0 Å². The average molecular weight is 591 g/mol. The van der Waals surface area contributed by atoms with Gasteiger partial charge >= 0.3 is 5.97 Å². The van der Waals surface area contributed by atoms with Crippen molar-refractivity contribution in [3.05, 3.63) is 95.8 Å². The maximum Gasteiger partial charge on any atom is 0.335 e. The summed E-state index contributed by atoms with van der Waals surface area (Å²) < 4.78 is 22.1. The maximum atomic E-state index is 14.6. The molecule has 1 N–H and O–H groups in total. The Balaban J connectivity index is 1.41. The van der Waals surface area contributed by atoms with E-state index in [9.17, 15) is 19.1 Å². The van der Waals surface area contributed by atoms with Gasteiger partial charge in [-0.25, -0.2) is 9.18 Å². The van der Waals surface area contributed by atoms with Crippen molar-refractivity contribution in [1.29, 1.82) is 0 Å². The molecule has 44 heavy (non-hydrogen) atoms. The molecule has 1 aromatic heterocycles. The standard InChI is InChI=1S/C37H35FN2O4/c38-32-9-5-4-8-30(32)27-12-10-26-21-28(13-11-25(26)20-27)36-35(24-6-2-1-3-7-24)31-15-14-29(37(42)43)22-33(31)40(36)23-34(41)39-16-18-44-19-17-39/h4-5,8-15,20-22,24H,1-3,6-7,16-19,23H2,(H,42,43). The number of nitrogens with zero attached hydrogens (tertiary/aromatic N) is 2. The second kappa shape index (κ2) is 11.9. The minimum atomic E-state index is -0.990. The Morgan fingerprint density at radius 2 is 1.55 bits per heavy atom. The Morgan fingerprint density at radius 1 is 0.841 bits per heavy atom. The summed E-state index contributed by atoms with van der Waals surface area (Å²) in [7, 11) is 0. The van der Waals surface area contributed by atoms with Gasteiger partial charge in [-0.3, -0.25) is 4.79 Å². The lowest BCUT2D eigenvalue weighted by Crippen LogP contribution is -2.42. The zero-order valence-corrected chi connectivity index (χ0v) is 24.6. The molecule has 5 aromatic rings. The largest absolute Gasteiger partial charge is 0.478 e. The minimum Gasteiger partial charge on any atom is -0.478 e. The van der Waals surface area contributed by atoms with E-state index in [2.05, 4.69) is 22.8 Å². The molecule has 0 atom stereocenters. The van der Waals surface area contributed by atoms with E-state index in [1.807, 2.05) is 35.2 Å². The number of ether oxygens (including phenoxy) is 1. The molecule has 1 aliphatic heterocycles. The summed E-state index contributed by atoms with van der Waals surface area (Å²) in [5, 5.41) is 12.9. The van der Waals surface area contributed by atoms with Crippen LogP contribution in [0.25, 0.3) is 44.1 Å². The summed E-state index contributed by atoms with van der Waals surface area (Å²) >= 11 is 0. The molecule has 1 aliphatic carbocycles. The number of fused-ring (bicyclic) bond motifs is 2. The first-order valence-corrected chi connectivity index (χ1v) is 15.5. The Kier molecular flexibility index (Phi) is 7.64. The number of rotatable bonds is 6. The molecule has 2 aliphatic rings. The second-order valence-corrected chi connectivity index (χ2v) is 12.0. The van der Waals surface area contributed by atoms with Crippen LogP contribution < -0.4 is 0 Å². The van der Waals surface area contributed by atoms with Crippen LogP contribution in [0.2, 0.25) is 0 Å². The second-order valence-electron chi connectivity index (χ2n) is 12.0. The third kappa shape index (κ3) is 5.26. The number of hydrogen-bond acceptors (Lipinski definition) is 3. The lowest BCUT2D eigenvalue weighted by Gasteiger charge is -2.28. The molecule has 1 saturated heterocycles. The van der Waals surface area contributed by atoms with Crippen LogP contribution in [0.3, 0.4) is 0 Å². The molecule has 2 fully saturated rings. The fraction of sp³-hybridized carbons (Fsp3) is 0.297. The number of carbonyl (C=O) groups excluding carboxylic acids is 1. The topological polar surface area (TPSA) is 71.8 Å². The van der Waals surface area contributed by atoms with Gasteiger partial charge in [0.1, 0.15) is 12.4 Å². The molecule has 0 bridgehead atoms. The highest BCUT2D eigenvalue weighted by Gasteiger charge is 2.29. The van der Waals surface area contributed by atoms with Crippen LogP contribution in [0, 0.1) is 5.82 Å². The number of amides is 1. The van der Waals surface area contributed by atoms with E-state index < -0.39 is 5.97 Å². The van der Waals surface area contributed by atoms with E-state index in [1.165, 1.54) is 18.1 Å². The molecule has 224 valence electrons. The normalized spacial score (nSPS) is 16.1. The number of aromatic nitrogens is 1. The first-order chi connectivity index (χ1) is 21.5. The maximum absolute atomic E-state index is 14.6. The summed E-state index contributed by atoms with van der Waals surface area (Å²) in [6, 6.07) is 24.4. The number of aromatic carboxylic acids is 1. The van der Waals surface area contributed by atoms with Crippen LogP contribution >= 0.6 is 0 Å². The first kappa shape index (κ1) is 28.3. The molecule has 2 heterocycles. The first-order valence-electron chi connectivity index (χ1n) is 15.5. The molecule has 0 unspecified atom stereocenters. The number of carboxylic acid groups (broad SMARTS) is 1. The molecule has 7 heteroatoms. The molecule has 4 aromatic carbocycles. The van der Waals surface area contributed by atoms with Gasteiger partial charge in [0, 0.05) is 24.0 Å². The SMILES string of the molecule is O=C(O)c1ccc2c(C3CCCCC3)c(-c3ccc4cc(-c5ccccc5F)ccc4c3)n(CC(=O)N3CCOCC3)c2c1. The zero-order chi connectivity index (χ0) is 30.2. The van der Waals surface area contributed by atoms with Crippen molar-refractivity contribution in [1.82, 2.24) is 9.47 Å². The van der Waals surface area contributed by atoms with Gasteiger partial charge in [0.2, 0.25) is 5.91 Å². The van der Waals surface area contributed by atoms with E-state index in [-0.39, 0.29) is 23.8 Å². The highest BCUT2D eigenvalue weighted by molar-refractivity contribution is 6.00. The highest BCUT2D eigenvalue weighted by Crippen LogP contribution is 2.45. The summed E-state index contributed by atoms with van der Waals surface area (Å²) in [4.78, 5) is 27.6. The van der Waals surface area contributed by atoms with Crippen LogP contribution in [-0.2, 0) is 16.1 Å². The molecular formula is C37H35FN2O4. The third-order valence-corrected chi connectivity index (χ3v) is 9.32. The summed E-state index contributed by atoms with van der Waals surface area (Å²) in [6.07, 6.45) is 5.62. The van der Waals surface area contributed by atoms with E-state index >= 15 is 0 Å². The van der Waals surface area contributed by atoms with Crippen molar-refractivity contribution in [3.8, 4) is 22.4 Å². The molecule has 7 rings (SSSR count). The highest BCUT2D eigenvalue weighted by atomic mass is 19.1. The number of halogens is 1. The Hall–Kier alpha value is -4.49. The Bertz CT molecular complexity index is 1880. The van der Waals surface area contributed by atoms with Gasteiger partial charge in [0.15, 0.2) is 0 Å². The van der Waals surface area contributed by atoms with Gasteiger partial charge < -0.3 is 19.3 Å². The molecule has 6 nitrogen and oxygen atoms in total. The van der Waals surface area contributed by atoms with Gasteiger partial charge in [-0.2, -0.15) is 0 Å². The van der Waals surface area contributed by atoms with Crippen molar-refractivity contribution in [2.75, 3.05) is 26.3 Å².